The van der Waals surface area contributed by atoms with Crippen molar-refractivity contribution in [3.8, 4) is 0 Å². The Labute approximate surface area is 119 Å². The average Bonchev–Trinajstić information content (AvgIpc) is 2.87. The van der Waals surface area contributed by atoms with Crippen molar-refractivity contribution in [3.05, 3.63) is 11.8 Å². The summed E-state index contributed by atoms with van der Waals surface area (Å²) >= 11 is 0. The molecule has 0 spiro atoms. The first kappa shape index (κ1) is 16.2. The molecule has 1 fully saturated rings. The maximum absolute atomic E-state index is 12.1. The summed E-state index contributed by atoms with van der Waals surface area (Å²) in [6.45, 7) is 7.14. The van der Waals surface area contributed by atoms with Crippen molar-refractivity contribution < 1.29 is 9.59 Å². The van der Waals surface area contributed by atoms with Crippen LogP contribution in [0.2, 0.25) is 0 Å². The first-order chi connectivity index (χ1) is 9.36. The van der Waals surface area contributed by atoms with Crippen LogP contribution in [0.5, 0.6) is 0 Å². The SMILES string of the molecule is CCNC(=O)C1CCN(C(=O)/C(N)=C/C(=N)C(C)C)C1. The first-order valence-electron chi connectivity index (χ1n) is 6.99. The zero-order valence-corrected chi connectivity index (χ0v) is 12.4. The topological polar surface area (TPSA) is 99.3 Å². The van der Waals surface area contributed by atoms with Crippen LogP contribution in [0.3, 0.4) is 0 Å². The fourth-order valence-electron chi connectivity index (χ4n) is 2.06. The van der Waals surface area contributed by atoms with Crippen molar-refractivity contribution in [1.29, 1.82) is 5.41 Å². The van der Waals surface area contributed by atoms with E-state index in [2.05, 4.69) is 5.32 Å². The van der Waals surface area contributed by atoms with Crippen LogP contribution < -0.4 is 11.1 Å². The fourth-order valence-corrected chi connectivity index (χ4v) is 2.06. The molecule has 1 aliphatic rings. The fraction of sp³-hybridized carbons (Fsp3) is 0.643. The Kier molecular flexibility index (Phi) is 5.73. The lowest BCUT2D eigenvalue weighted by molar-refractivity contribution is -0.127. The Bertz CT molecular complexity index is 429. The van der Waals surface area contributed by atoms with Crippen LogP contribution in [0.25, 0.3) is 0 Å². The van der Waals surface area contributed by atoms with Gasteiger partial charge in [0.05, 0.1) is 11.6 Å². The number of rotatable bonds is 5. The van der Waals surface area contributed by atoms with Gasteiger partial charge in [-0.05, 0) is 25.3 Å². The van der Waals surface area contributed by atoms with E-state index in [-0.39, 0.29) is 29.3 Å². The molecule has 0 radical (unpaired) electrons. The van der Waals surface area contributed by atoms with Crippen LogP contribution in [0.4, 0.5) is 0 Å². The maximum Gasteiger partial charge on any atom is 0.269 e. The molecule has 2 amide bonds. The highest BCUT2D eigenvalue weighted by atomic mass is 16.2. The van der Waals surface area contributed by atoms with E-state index in [1.54, 1.807) is 4.90 Å². The van der Waals surface area contributed by atoms with Crippen molar-refractivity contribution in [3.63, 3.8) is 0 Å². The van der Waals surface area contributed by atoms with Crippen molar-refractivity contribution in [1.82, 2.24) is 10.2 Å². The van der Waals surface area contributed by atoms with Crippen LogP contribution in [0.1, 0.15) is 27.2 Å². The van der Waals surface area contributed by atoms with Gasteiger partial charge in [0.2, 0.25) is 5.91 Å². The van der Waals surface area contributed by atoms with E-state index in [1.165, 1.54) is 6.08 Å². The predicted molar refractivity (Wildman–Crippen MR) is 78.2 cm³/mol. The molecule has 6 heteroatoms. The number of nitrogens with one attached hydrogen (secondary N) is 2. The van der Waals surface area contributed by atoms with Gasteiger partial charge in [-0.15, -0.1) is 0 Å². The highest BCUT2D eigenvalue weighted by Gasteiger charge is 2.31. The molecule has 1 rings (SSSR count). The Balaban J connectivity index is 2.62. The quantitative estimate of drug-likeness (QED) is 0.505. The minimum Gasteiger partial charge on any atom is -0.394 e. The standard InChI is InChI=1S/C14H24N4O2/c1-4-17-13(19)10-5-6-18(8-10)14(20)12(16)7-11(15)9(2)3/h7,9-10,15H,4-6,8,16H2,1-3H3,(H,17,19)/b12-7-,15-11?. The van der Waals surface area contributed by atoms with E-state index in [0.29, 0.717) is 31.8 Å². The number of nitrogens with two attached hydrogens (primary N) is 1. The number of allylic oxidation sites excluding steroid dienone is 1. The molecule has 6 nitrogen and oxygen atoms in total. The van der Waals surface area contributed by atoms with Crippen LogP contribution in [-0.4, -0.2) is 42.1 Å². The van der Waals surface area contributed by atoms with Gasteiger partial charge < -0.3 is 21.4 Å². The molecule has 1 unspecified atom stereocenters. The molecule has 1 saturated heterocycles. The number of likely N-dealkylation sites (tertiary alicyclic amines) is 1. The summed E-state index contributed by atoms with van der Waals surface area (Å²) in [5.74, 6) is -0.429. The van der Waals surface area contributed by atoms with Crippen molar-refractivity contribution >= 4 is 17.5 Å². The lowest BCUT2D eigenvalue weighted by Gasteiger charge is -2.17. The maximum atomic E-state index is 12.1. The molecule has 0 aromatic heterocycles. The molecule has 4 N–H and O–H groups in total. The van der Waals surface area contributed by atoms with Gasteiger partial charge in [0.1, 0.15) is 0 Å². The minimum absolute atomic E-state index is 0.0136. The Morgan fingerprint density at radius 3 is 2.70 bits per heavy atom. The van der Waals surface area contributed by atoms with E-state index in [4.69, 9.17) is 11.1 Å². The Morgan fingerprint density at radius 2 is 2.15 bits per heavy atom. The molecule has 0 saturated carbocycles. The summed E-state index contributed by atoms with van der Waals surface area (Å²) in [6, 6.07) is 0. The molecule has 0 aromatic rings. The molecule has 1 aliphatic heterocycles. The molecular formula is C14H24N4O2. The lowest BCUT2D eigenvalue weighted by Crippen LogP contribution is -2.36. The monoisotopic (exact) mass is 280 g/mol. The summed E-state index contributed by atoms with van der Waals surface area (Å²) in [6.07, 6.45) is 2.07. The third-order valence-corrected chi connectivity index (χ3v) is 3.38. The lowest BCUT2D eigenvalue weighted by atomic mass is 10.1. The third-order valence-electron chi connectivity index (χ3n) is 3.38. The Hall–Kier alpha value is -1.85. The second kappa shape index (κ2) is 7.07. The molecule has 0 aliphatic carbocycles. The van der Waals surface area contributed by atoms with Crippen molar-refractivity contribution in [2.45, 2.75) is 27.2 Å². The van der Waals surface area contributed by atoms with Gasteiger partial charge >= 0.3 is 0 Å². The second-order valence-electron chi connectivity index (χ2n) is 5.34. The molecule has 1 atom stereocenters. The first-order valence-corrected chi connectivity index (χ1v) is 6.99. The number of hydrogen-bond acceptors (Lipinski definition) is 4. The average molecular weight is 280 g/mol. The number of hydrogen-bond donors (Lipinski definition) is 3. The summed E-state index contributed by atoms with van der Waals surface area (Å²) < 4.78 is 0. The number of carbonyl (C=O) groups excluding carboxylic acids is 2. The van der Waals surface area contributed by atoms with E-state index in [1.807, 2.05) is 20.8 Å². The largest absolute Gasteiger partial charge is 0.394 e. The van der Waals surface area contributed by atoms with Gasteiger partial charge in [-0.3, -0.25) is 9.59 Å². The molecule has 0 aromatic carbocycles. The number of amides is 2. The van der Waals surface area contributed by atoms with Crippen LogP contribution in [0, 0.1) is 17.2 Å². The molecule has 112 valence electrons. The molecular weight excluding hydrogens is 256 g/mol. The van der Waals surface area contributed by atoms with Crippen LogP contribution in [0.15, 0.2) is 11.8 Å². The zero-order valence-electron chi connectivity index (χ0n) is 12.4. The number of nitrogens with zero attached hydrogens (tertiary/aromatic N) is 1. The third kappa shape index (κ3) is 4.08. The predicted octanol–water partition coefficient (Wildman–Crippen LogP) is 0.489. The van der Waals surface area contributed by atoms with E-state index < -0.39 is 0 Å². The zero-order chi connectivity index (χ0) is 15.3. The summed E-state index contributed by atoms with van der Waals surface area (Å²) in [5.41, 5.74) is 6.14. The Morgan fingerprint density at radius 1 is 1.50 bits per heavy atom. The smallest absolute Gasteiger partial charge is 0.269 e. The molecule has 20 heavy (non-hydrogen) atoms. The van der Waals surface area contributed by atoms with E-state index in [0.717, 1.165) is 0 Å². The molecule has 1 heterocycles. The van der Waals surface area contributed by atoms with E-state index in [9.17, 15) is 9.59 Å². The van der Waals surface area contributed by atoms with Crippen LogP contribution >= 0.6 is 0 Å². The van der Waals surface area contributed by atoms with Gasteiger partial charge in [0.25, 0.3) is 5.91 Å². The summed E-state index contributed by atoms with van der Waals surface area (Å²) in [5, 5.41) is 10.5. The van der Waals surface area contributed by atoms with Gasteiger partial charge in [0.15, 0.2) is 0 Å². The summed E-state index contributed by atoms with van der Waals surface area (Å²) in [4.78, 5) is 25.4. The molecule has 0 bridgehead atoms. The van der Waals surface area contributed by atoms with Gasteiger partial charge in [-0.25, -0.2) is 0 Å². The van der Waals surface area contributed by atoms with Crippen LogP contribution in [-0.2, 0) is 9.59 Å². The van der Waals surface area contributed by atoms with E-state index >= 15 is 0 Å². The van der Waals surface area contributed by atoms with Crippen molar-refractivity contribution in [2.24, 2.45) is 17.6 Å². The minimum atomic E-state index is -0.290. The van der Waals surface area contributed by atoms with Gasteiger partial charge in [-0.1, -0.05) is 13.8 Å². The number of carbonyl (C=O) groups is 2. The van der Waals surface area contributed by atoms with Gasteiger partial charge in [0, 0.05) is 25.3 Å². The van der Waals surface area contributed by atoms with Crippen molar-refractivity contribution in [2.75, 3.05) is 19.6 Å². The summed E-state index contributed by atoms with van der Waals surface area (Å²) in [7, 11) is 0. The highest BCUT2D eigenvalue weighted by Crippen LogP contribution is 2.17. The van der Waals surface area contributed by atoms with Gasteiger partial charge in [-0.2, -0.15) is 0 Å². The normalized spacial score (nSPS) is 19.3. The second-order valence-corrected chi connectivity index (χ2v) is 5.34. The highest BCUT2D eigenvalue weighted by molar-refractivity contribution is 6.03.